The third kappa shape index (κ3) is 3.92. The number of benzene rings is 1. The normalized spacial score (nSPS) is 10.3. The molecule has 3 rings (SSSR count). The van der Waals surface area contributed by atoms with Gasteiger partial charge >= 0.3 is 6.03 Å². The summed E-state index contributed by atoms with van der Waals surface area (Å²) >= 11 is 0. The van der Waals surface area contributed by atoms with Crippen LogP contribution in [0.5, 0.6) is 0 Å². The van der Waals surface area contributed by atoms with Gasteiger partial charge in [0.05, 0.1) is 17.9 Å². The van der Waals surface area contributed by atoms with E-state index >= 15 is 0 Å². The van der Waals surface area contributed by atoms with Gasteiger partial charge in [0.15, 0.2) is 0 Å². The van der Waals surface area contributed by atoms with E-state index in [1.54, 1.807) is 24.5 Å². The molecule has 126 valence electrons. The van der Waals surface area contributed by atoms with Crippen LogP contribution in [-0.4, -0.2) is 21.0 Å². The maximum Gasteiger partial charge on any atom is 0.319 e. The van der Waals surface area contributed by atoms with E-state index in [2.05, 4.69) is 25.6 Å². The Bertz CT molecular complexity index is 869. The molecule has 0 fully saturated rings. The third-order valence-electron chi connectivity index (χ3n) is 3.35. The molecule has 0 saturated carbocycles. The maximum absolute atomic E-state index is 13.5. The van der Waals surface area contributed by atoms with E-state index in [-0.39, 0.29) is 6.54 Å². The number of para-hydroxylation sites is 1. The lowest BCUT2D eigenvalue weighted by Gasteiger charge is -2.11. The Balaban J connectivity index is 1.71. The van der Waals surface area contributed by atoms with E-state index in [1.165, 1.54) is 18.5 Å². The number of halogens is 2. The lowest BCUT2D eigenvalue weighted by atomic mass is 10.1. The van der Waals surface area contributed by atoms with E-state index in [9.17, 15) is 13.6 Å². The van der Waals surface area contributed by atoms with Gasteiger partial charge in [0.25, 0.3) is 0 Å². The summed E-state index contributed by atoms with van der Waals surface area (Å²) in [4.78, 5) is 24.3. The Morgan fingerprint density at radius 1 is 0.960 bits per heavy atom. The van der Waals surface area contributed by atoms with Gasteiger partial charge in [0, 0.05) is 30.4 Å². The highest BCUT2D eigenvalue weighted by Gasteiger charge is 2.13. The average Bonchev–Trinajstić information content (AvgIpc) is 2.64. The number of carbonyl (C=O) groups excluding carboxylic acids is 1. The average molecular weight is 341 g/mol. The van der Waals surface area contributed by atoms with Crippen LogP contribution in [-0.2, 0) is 6.54 Å². The number of rotatable bonds is 4. The lowest BCUT2D eigenvalue weighted by Crippen LogP contribution is -2.29. The minimum Gasteiger partial charge on any atom is -0.332 e. The number of pyridine rings is 1. The highest BCUT2D eigenvalue weighted by Crippen LogP contribution is 2.19. The molecular weight excluding hydrogens is 328 g/mol. The minimum absolute atomic E-state index is 0.0351. The Labute approximate surface area is 142 Å². The summed E-state index contributed by atoms with van der Waals surface area (Å²) < 4.78 is 27.1. The molecule has 0 aliphatic carbocycles. The number of nitrogens with one attached hydrogen (secondary N) is 2. The first-order valence-electron chi connectivity index (χ1n) is 7.34. The van der Waals surface area contributed by atoms with Crippen LogP contribution in [0.2, 0.25) is 0 Å². The molecule has 6 nitrogen and oxygen atoms in total. The molecular formula is C17H13F2N5O. The summed E-state index contributed by atoms with van der Waals surface area (Å²) in [6.07, 6.45) is 6.27. The predicted molar refractivity (Wildman–Crippen MR) is 87.5 cm³/mol. The minimum atomic E-state index is -0.855. The zero-order valence-corrected chi connectivity index (χ0v) is 12.9. The molecule has 3 aromatic rings. The van der Waals surface area contributed by atoms with Gasteiger partial charge in [-0.3, -0.25) is 15.0 Å². The molecule has 2 amide bonds. The Kier molecular flexibility index (Phi) is 4.89. The quantitative estimate of drug-likeness (QED) is 0.764. The van der Waals surface area contributed by atoms with Gasteiger partial charge in [-0.15, -0.1) is 0 Å². The predicted octanol–water partition coefficient (Wildman–Crippen LogP) is 3.14. The summed E-state index contributed by atoms with van der Waals surface area (Å²) in [5.74, 6) is -1.71. The lowest BCUT2D eigenvalue weighted by molar-refractivity contribution is 0.251. The van der Waals surface area contributed by atoms with Crippen molar-refractivity contribution in [2.75, 3.05) is 5.32 Å². The van der Waals surface area contributed by atoms with Crippen molar-refractivity contribution in [2.24, 2.45) is 0 Å². The number of carbonyl (C=O) groups is 1. The van der Waals surface area contributed by atoms with Crippen LogP contribution in [0.1, 0.15) is 5.69 Å². The first-order chi connectivity index (χ1) is 12.1. The van der Waals surface area contributed by atoms with E-state index in [0.717, 1.165) is 17.7 Å². The molecule has 0 saturated heterocycles. The van der Waals surface area contributed by atoms with Crippen molar-refractivity contribution in [3.8, 4) is 11.3 Å². The molecule has 0 aliphatic rings. The van der Waals surface area contributed by atoms with Crippen LogP contribution < -0.4 is 10.6 Å². The number of anilines is 1. The van der Waals surface area contributed by atoms with Gasteiger partial charge in [-0.1, -0.05) is 6.07 Å². The van der Waals surface area contributed by atoms with Crippen LogP contribution in [0.3, 0.4) is 0 Å². The molecule has 0 radical (unpaired) electrons. The van der Waals surface area contributed by atoms with E-state index in [1.807, 2.05) is 0 Å². The number of aromatic nitrogens is 3. The number of hydrogen-bond donors (Lipinski definition) is 2. The molecule has 0 atom stereocenters. The standard InChI is InChI=1S/C17H13F2N5O/c18-12-2-1-3-13(19)16(12)24-17(25)23-10-14-15(22-9-8-21-14)11-4-6-20-7-5-11/h1-9H,10H2,(H2,23,24,25). The van der Waals surface area contributed by atoms with Gasteiger partial charge in [0.2, 0.25) is 0 Å². The van der Waals surface area contributed by atoms with Gasteiger partial charge in [-0.2, -0.15) is 0 Å². The van der Waals surface area contributed by atoms with E-state index in [4.69, 9.17) is 0 Å². The Morgan fingerprint density at radius 2 is 1.64 bits per heavy atom. The van der Waals surface area contributed by atoms with Crippen molar-refractivity contribution in [2.45, 2.75) is 6.54 Å². The fraction of sp³-hybridized carbons (Fsp3) is 0.0588. The fourth-order valence-corrected chi connectivity index (χ4v) is 2.19. The van der Waals surface area contributed by atoms with Crippen LogP contribution >= 0.6 is 0 Å². The van der Waals surface area contributed by atoms with E-state index in [0.29, 0.717) is 11.4 Å². The highest BCUT2D eigenvalue weighted by atomic mass is 19.1. The summed E-state index contributed by atoms with van der Waals surface area (Å²) in [7, 11) is 0. The van der Waals surface area contributed by atoms with Crippen molar-refractivity contribution >= 4 is 11.7 Å². The van der Waals surface area contributed by atoms with Crippen molar-refractivity contribution in [3.05, 3.63) is 72.4 Å². The fourth-order valence-electron chi connectivity index (χ4n) is 2.19. The van der Waals surface area contributed by atoms with Crippen LogP contribution in [0.4, 0.5) is 19.3 Å². The highest BCUT2D eigenvalue weighted by molar-refractivity contribution is 5.89. The van der Waals surface area contributed by atoms with Gasteiger partial charge < -0.3 is 10.6 Å². The largest absolute Gasteiger partial charge is 0.332 e. The van der Waals surface area contributed by atoms with Crippen molar-refractivity contribution in [1.29, 1.82) is 0 Å². The molecule has 2 heterocycles. The smallest absolute Gasteiger partial charge is 0.319 e. The number of hydrogen-bond acceptors (Lipinski definition) is 4. The summed E-state index contributed by atoms with van der Waals surface area (Å²) in [6.45, 7) is 0.0351. The summed E-state index contributed by atoms with van der Waals surface area (Å²) in [5, 5.41) is 4.66. The molecule has 0 aliphatic heterocycles. The second kappa shape index (κ2) is 7.43. The molecule has 0 bridgehead atoms. The van der Waals surface area contributed by atoms with Gasteiger partial charge in [0.1, 0.15) is 17.3 Å². The topological polar surface area (TPSA) is 79.8 Å². The summed E-state index contributed by atoms with van der Waals surface area (Å²) in [6, 6.07) is 6.11. The molecule has 8 heteroatoms. The van der Waals surface area contributed by atoms with Gasteiger partial charge in [-0.25, -0.2) is 13.6 Å². The first-order valence-corrected chi connectivity index (χ1v) is 7.34. The SMILES string of the molecule is O=C(NCc1nccnc1-c1ccncc1)Nc1c(F)cccc1F. The van der Waals surface area contributed by atoms with Crippen molar-refractivity contribution < 1.29 is 13.6 Å². The van der Waals surface area contributed by atoms with Crippen molar-refractivity contribution in [1.82, 2.24) is 20.3 Å². The molecule has 2 N–H and O–H groups in total. The molecule has 0 spiro atoms. The Hall–Kier alpha value is -3.42. The van der Waals surface area contributed by atoms with Gasteiger partial charge in [-0.05, 0) is 24.3 Å². The zero-order chi connectivity index (χ0) is 17.6. The van der Waals surface area contributed by atoms with Crippen LogP contribution in [0.25, 0.3) is 11.3 Å². The van der Waals surface area contributed by atoms with Crippen LogP contribution in [0.15, 0.2) is 55.1 Å². The monoisotopic (exact) mass is 341 g/mol. The summed E-state index contributed by atoms with van der Waals surface area (Å²) in [5.41, 5.74) is 1.38. The zero-order valence-electron chi connectivity index (χ0n) is 12.9. The maximum atomic E-state index is 13.5. The number of nitrogens with zero attached hydrogens (tertiary/aromatic N) is 3. The molecule has 2 aromatic heterocycles. The molecule has 1 aromatic carbocycles. The second-order valence-electron chi connectivity index (χ2n) is 4.99. The molecule has 0 unspecified atom stereocenters. The molecule has 25 heavy (non-hydrogen) atoms. The van der Waals surface area contributed by atoms with Crippen LogP contribution in [0, 0.1) is 11.6 Å². The first kappa shape index (κ1) is 16.4. The number of urea groups is 1. The number of amides is 2. The van der Waals surface area contributed by atoms with Crippen molar-refractivity contribution in [3.63, 3.8) is 0 Å². The van der Waals surface area contributed by atoms with E-state index < -0.39 is 23.4 Å². The third-order valence-corrected chi connectivity index (χ3v) is 3.35. The second-order valence-corrected chi connectivity index (χ2v) is 4.99. The Morgan fingerprint density at radius 3 is 2.36 bits per heavy atom.